The monoisotopic (exact) mass is 212 g/mol. The van der Waals surface area contributed by atoms with E-state index < -0.39 is 0 Å². The van der Waals surface area contributed by atoms with Gasteiger partial charge in [-0.1, -0.05) is 13.0 Å². The number of hydrogen-bond acceptors (Lipinski definition) is 2. The zero-order valence-electron chi connectivity index (χ0n) is 8.13. The molecule has 2 nitrogen and oxygen atoms in total. The summed E-state index contributed by atoms with van der Waals surface area (Å²) in [6, 6.07) is 6.01. The molecule has 0 aliphatic carbocycles. The zero-order valence-corrected chi connectivity index (χ0v) is 8.88. The SMILES string of the molecule is CC(CCl)c1ccc2c(c1)OCCO2. The van der Waals surface area contributed by atoms with Crippen molar-refractivity contribution in [2.45, 2.75) is 12.8 Å². The lowest BCUT2D eigenvalue weighted by molar-refractivity contribution is 0.171. The second-order valence-electron chi connectivity index (χ2n) is 3.46. The van der Waals surface area contributed by atoms with Crippen LogP contribution in [0.1, 0.15) is 18.4 Å². The fourth-order valence-corrected chi connectivity index (χ4v) is 1.63. The average molecular weight is 213 g/mol. The van der Waals surface area contributed by atoms with Crippen molar-refractivity contribution in [3.63, 3.8) is 0 Å². The van der Waals surface area contributed by atoms with Crippen LogP contribution >= 0.6 is 11.6 Å². The second-order valence-corrected chi connectivity index (χ2v) is 3.77. The fourth-order valence-electron chi connectivity index (χ4n) is 1.46. The number of halogens is 1. The van der Waals surface area contributed by atoms with Crippen LogP contribution in [0.3, 0.4) is 0 Å². The van der Waals surface area contributed by atoms with Crippen molar-refractivity contribution in [1.29, 1.82) is 0 Å². The lowest BCUT2D eigenvalue weighted by Crippen LogP contribution is -2.15. The van der Waals surface area contributed by atoms with Crippen LogP contribution in [0.25, 0.3) is 0 Å². The predicted octanol–water partition coefficient (Wildman–Crippen LogP) is 2.80. The molecular formula is C11H13ClO2. The van der Waals surface area contributed by atoms with E-state index in [9.17, 15) is 0 Å². The maximum atomic E-state index is 5.80. The van der Waals surface area contributed by atoms with E-state index in [1.807, 2.05) is 18.2 Å². The molecule has 1 aliphatic rings. The number of rotatable bonds is 2. The molecule has 0 saturated carbocycles. The van der Waals surface area contributed by atoms with E-state index in [-0.39, 0.29) is 0 Å². The molecule has 0 radical (unpaired) electrons. The summed E-state index contributed by atoms with van der Waals surface area (Å²) in [6.45, 7) is 3.36. The first-order valence-corrected chi connectivity index (χ1v) is 5.30. The molecule has 0 N–H and O–H groups in total. The fraction of sp³-hybridized carbons (Fsp3) is 0.455. The molecule has 0 saturated heterocycles. The van der Waals surface area contributed by atoms with E-state index in [0.717, 1.165) is 11.5 Å². The molecule has 14 heavy (non-hydrogen) atoms. The molecule has 76 valence electrons. The highest BCUT2D eigenvalue weighted by molar-refractivity contribution is 6.18. The van der Waals surface area contributed by atoms with Crippen molar-refractivity contribution in [3.8, 4) is 11.5 Å². The smallest absolute Gasteiger partial charge is 0.161 e. The van der Waals surface area contributed by atoms with Gasteiger partial charge in [-0.3, -0.25) is 0 Å². The number of benzene rings is 1. The quantitative estimate of drug-likeness (QED) is 0.702. The molecular weight excluding hydrogens is 200 g/mol. The summed E-state index contributed by atoms with van der Waals surface area (Å²) in [5.74, 6) is 2.65. The van der Waals surface area contributed by atoms with Crippen LogP contribution in [-0.2, 0) is 0 Å². The molecule has 2 rings (SSSR count). The second kappa shape index (κ2) is 4.09. The Kier molecular flexibility index (Phi) is 2.82. The highest BCUT2D eigenvalue weighted by Crippen LogP contribution is 2.33. The maximum Gasteiger partial charge on any atom is 0.161 e. The van der Waals surface area contributed by atoms with Gasteiger partial charge >= 0.3 is 0 Å². The van der Waals surface area contributed by atoms with Gasteiger partial charge in [0.1, 0.15) is 13.2 Å². The van der Waals surface area contributed by atoms with Crippen molar-refractivity contribution in [2.24, 2.45) is 0 Å². The van der Waals surface area contributed by atoms with Crippen LogP contribution in [0.15, 0.2) is 18.2 Å². The number of ether oxygens (including phenoxy) is 2. The van der Waals surface area contributed by atoms with Crippen molar-refractivity contribution >= 4 is 11.6 Å². The lowest BCUT2D eigenvalue weighted by Gasteiger charge is -2.19. The Balaban J connectivity index is 2.29. The van der Waals surface area contributed by atoms with Crippen LogP contribution in [0.5, 0.6) is 11.5 Å². The molecule has 1 aliphatic heterocycles. The van der Waals surface area contributed by atoms with Gasteiger partial charge in [-0.2, -0.15) is 0 Å². The Morgan fingerprint density at radius 2 is 2.00 bits per heavy atom. The van der Waals surface area contributed by atoms with Crippen LogP contribution in [0, 0.1) is 0 Å². The highest BCUT2D eigenvalue weighted by Gasteiger charge is 2.13. The first kappa shape index (κ1) is 9.66. The summed E-state index contributed by atoms with van der Waals surface area (Å²) in [6.07, 6.45) is 0. The minimum absolute atomic E-state index is 0.354. The standard InChI is InChI=1S/C11H13ClO2/c1-8(7-12)9-2-3-10-11(6-9)14-5-4-13-10/h2-3,6,8H,4-5,7H2,1H3. The van der Waals surface area contributed by atoms with Crippen molar-refractivity contribution in [2.75, 3.05) is 19.1 Å². The van der Waals surface area contributed by atoms with Crippen molar-refractivity contribution < 1.29 is 9.47 Å². The molecule has 0 bridgehead atoms. The van der Waals surface area contributed by atoms with Crippen LogP contribution in [0.4, 0.5) is 0 Å². The Labute approximate surface area is 88.8 Å². The first-order chi connectivity index (χ1) is 6.81. The van der Waals surface area contributed by atoms with Gasteiger partial charge in [-0.05, 0) is 23.6 Å². The average Bonchev–Trinajstić information content (AvgIpc) is 2.27. The molecule has 1 aromatic rings. The normalized spacial score (nSPS) is 16.4. The molecule has 3 heteroatoms. The summed E-state index contributed by atoms with van der Waals surface area (Å²) in [7, 11) is 0. The molecule has 0 amide bonds. The van der Waals surface area contributed by atoms with Gasteiger partial charge in [0.2, 0.25) is 0 Å². The predicted molar refractivity (Wildman–Crippen MR) is 56.6 cm³/mol. The Morgan fingerprint density at radius 1 is 1.29 bits per heavy atom. The zero-order chi connectivity index (χ0) is 9.97. The highest BCUT2D eigenvalue weighted by atomic mass is 35.5. The maximum absolute atomic E-state index is 5.80. The molecule has 1 atom stereocenters. The van der Waals surface area contributed by atoms with Crippen LogP contribution < -0.4 is 9.47 Å². The third kappa shape index (κ3) is 1.80. The van der Waals surface area contributed by atoms with Gasteiger partial charge in [0.05, 0.1) is 0 Å². The molecule has 1 unspecified atom stereocenters. The molecule has 0 aromatic heterocycles. The number of alkyl halides is 1. The topological polar surface area (TPSA) is 18.5 Å². The van der Waals surface area contributed by atoms with Crippen molar-refractivity contribution in [1.82, 2.24) is 0 Å². The van der Waals surface area contributed by atoms with Crippen LogP contribution in [0.2, 0.25) is 0 Å². The van der Waals surface area contributed by atoms with Gasteiger partial charge in [-0.25, -0.2) is 0 Å². The summed E-state index contributed by atoms with van der Waals surface area (Å²) >= 11 is 5.80. The molecule has 1 aromatic carbocycles. The molecule has 0 fully saturated rings. The van der Waals surface area contributed by atoms with E-state index in [1.54, 1.807) is 0 Å². The van der Waals surface area contributed by atoms with Gasteiger partial charge in [0.25, 0.3) is 0 Å². The molecule has 1 heterocycles. The Hall–Kier alpha value is -0.890. The van der Waals surface area contributed by atoms with Crippen LogP contribution in [-0.4, -0.2) is 19.1 Å². The van der Waals surface area contributed by atoms with E-state index in [0.29, 0.717) is 25.0 Å². The van der Waals surface area contributed by atoms with Gasteiger partial charge < -0.3 is 9.47 Å². The summed E-state index contributed by atoms with van der Waals surface area (Å²) in [4.78, 5) is 0. The van der Waals surface area contributed by atoms with Crippen molar-refractivity contribution in [3.05, 3.63) is 23.8 Å². The van der Waals surface area contributed by atoms with Gasteiger partial charge in [0, 0.05) is 5.88 Å². The Morgan fingerprint density at radius 3 is 2.71 bits per heavy atom. The van der Waals surface area contributed by atoms with Gasteiger partial charge in [-0.15, -0.1) is 11.6 Å². The molecule has 0 spiro atoms. The minimum atomic E-state index is 0.354. The number of hydrogen-bond donors (Lipinski definition) is 0. The van der Waals surface area contributed by atoms with E-state index in [2.05, 4.69) is 6.92 Å². The summed E-state index contributed by atoms with van der Waals surface area (Å²) in [5, 5.41) is 0. The third-order valence-corrected chi connectivity index (χ3v) is 2.83. The van der Waals surface area contributed by atoms with E-state index >= 15 is 0 Å². The largest absolute Gasteiger partial charge is 0.486 e. The summed E-state index contributed by atoms with van der Waals surface area (Å²) < 4.78 is 10.9. The number of fused-ring (bicyclic) bond motifs is 1. The van der Waals surface area contributed by atoms with E-state index in [4.69, 9.17) is 21.1 Å². The van der Waals surface area contributed by atoms with Gasteiger partial charge in [0.15, 0.2) is 11.5 Å². The summed E-state index contributed by atoms with van der Waals surface area (Å²) in [5.41, 5.74) is 1.20. The van der Waals surface area contributed by atoms with E-state index in [1.165, 1.54) is 5.56 Å². The first-order valence-electron chi connectivity index (χ1n) is 4.77. The third-order valence-electron chi connectivity index (χ3n) is 2.37. The lowest BCUT2D eigenvalue weighted by atomic mass is 10.0. The minimum Gasteiger partial charge on any atom is -0.486 e. The Bertz CT molecular complexity index is 325.